The summed E-state index contributed by atoms with van der Waals surface area (Å²) >= 11 is 0. The molecule has 0 saturated heterocycles. The molecule has 6 nitrogen and oxygen atoms in total. The third-order valence-electron chi connectivity index (χ3n) is 4.01. The van der Waals surface area contributed by atoms with E-state index in [4.69, 9.17) is 4.74 Å². The average Bonchev–Trinajstić information content (AvgIpc) is 3.02. The second-order valence-corrected chi connectivity index (χ2v) is 5.26. The number of hydrogen-bond acceptors (Lipinski definition) is 5. The van der Waals surface area contributed by atoms with Crippen LogP contribution in [-0.2, 0) is 13.0 Å². The van der Waals surface area contributed by atoms with Gasteiger partial charge in [-0.05, 0) is 29.7 Å². The highest BCUT2D eigenvalue weighted by atomic mass is 19.1. The van der Waals surface area contributed by atoms with Crippen molar-refractivity contribution in [1.29, 1.82) is 0 Å². The fraction of sp³-hybridized carbons (Fsp3) is 0.267. The van der Waals surface area contributed by atoms with Crippen LogP contribution in [0.2, 0.25) is 0 Å². The van der Waals surface area contributed by atoms with Crippen LogP contribution in [0.5, 0.6) is 5.75 Å². The molecule has 0 saturated carbocycles. The molecule has 0 spiro atoms. The molecule has 1 aromatic carbocycles. The minimum absolute atomic E-state index is 0.298. The summed E-state index contributed by atoms with van der Waals surface area (Å²) in [5.74, 6) is 0.784. The van der Waals surface area contributed by atoms with Crippen molar-refractivity contribution in [3.8, 4) is 5.75 Å². The van der Waals surface area contributed by atoms with Gasteiger partial charge in [0.25, 0.3) is 0 Å². The van der Waals surface area contributed by atoms with Gasteiger partial charge < -0.3 is 9.64 Å². The minimum atomic E-state index is -0.334. The summed E-state index contributed by atoms with van der Waals surface area (Å²) < 4.78 is 19.0. The maximum Gasteiger partial charge on any atom is 0.165 e. The Kier molecular flexibility index (Phi) is 2.92. The molecule has 3 aromatic rings. The Morgan fingerprint density at radius 2 is 2.18 bits per heavy atom. The van der Waals surface area contributed by atoms with Crippen molar-refractivity contribution in [1.82, 2.24) is 20.2 Å². The molecule has 22 heavy (non-hydrogen) atoms. The Labute approximate surface area is 125 Å². The van der Waals surface area contributed by atoms with Gasteiger partial charge in [0.1, 0.15) is 12.1 Å². The Hall–Kier alpha value is -2.70. The van der Waals surface area contributed by atoms with Crippen molar-refractivity contribution in [2.45, 2.75) is 13.0 Å². The predicted molar refractivity (Wildman–Crippen MR) is 79.4 cm³/mol. The molecule has 0 bridgehead atoms. The number of rotatable bonds is 2. The van der Waals surface area contributed by atoms with Gasteiger partial charge in [-0.25, -0.2) is 14.4 Å². The van der Waals surface area contributed by atoms with E-state index in [9.17, 15) is 4.39 Å². The molecule has 1 N–H and O–H groups in total. The highest BCUT2D eigenvalue weighted by molar-refractivity contribution is 5.86. The van der Waals surface area contributed by atoms with Crippen molar-refractivity contribution in [2.75, 3.05) is 18.6 Å². The summed E-state index contributed by atoms with van der Waals surface area (Å²) in [5.41, 5.74) is 2.78. The maximum absolute atomic E-state index is 13.9. The van der Waals surface area contributed by atoms with Crippen LogP contribution in [0, 0.1) is 5.82 Å². The average molecular weight is 299 g/mol. The van der Waals surface area contributed by atoms with Gasteiger partial charge in [0, 0.05) is 13.1 Å². The quantitative estimate of drug-likeness (QED) is 0.784. The van der Waals surface area contributed by atoms with Crippen LogP contribution in [0.4, 0.5) is 10.2 Å². The Morgan fingerprint density at radius 3 is 3.05 bits per heavy atom. The maximum atomic E-state index is 13.9. The van der Waals surface area contributed by atoms with Crippen molar-refractivity contribution in [2.24, 2.45) is 0 Å². The highest BCUT2D eigenvalue weighted by Gasteiger charge is 2.22. The van der Waals surface area contributed by atoms with Crippen molar-refractivity contribution in [3.05, 3.63) is 41.6 Å². The molecule has 3 heterocycles. The van der Waals surface area contributed by atoms with Crippen LogP contribution in [0.25, 0.3) is 11.0 Å². The first-order chi connectivity index (χ1) is 10.8. The Bertz CT molecular complexity index is 847. The van der Waals surface area contributed by atoms with E-state index in [2.05, 4.69) is 25.1 Å². The number of methoxy groups -OCH3 is 1. The van der Waals surface area contributed by atoms with Crippen molar-refractivity contribution in [3.63, 3.8) is 0 Å². The molecular formula is C15H14FN5O. The summed E-state index contributed by atoms with van der Waals surface area (Å²) in [6, 6.07) is 3.34. The molecule has 1 aliphatic rings. The number of nitrogens with one attached hydrogen (secondary N) is 1. The van der Waals surface area contributed by atoms with Gasteiger partial charge in [-0.3, -0.25) is 5.10 Å². The fourth-order valence-corrected chi connectivity index (χ4v) is 2.90. The molecule has 0 unspecified atom stereocenters. The molecule has 0 amide bonds. The van der Waals surface area contributed by atoms with Crippen LogP contribution in [-0.4, -0.2) is 33.8 Å². The molecule has 0 atom stereocenters. The van der Waals surface area contributed by atoms with E-state index in [1.807, 2.05) is 0 Å². The van der Waals surface area contributed by atoms with E-state index in [1.54, 1.807) is 18.3 Å². The van der Waals surface area contributed by atoms with Crippen LogP contribution in [0.15, 0.2) is 24.7 Å². The lowest BCUT2D eigenvalue weighted by molar-refractivity contribution is 0.385. The van der Waals surface area contributed by atoms with Crippen LogP contribution >= 0.6 is 0 Å². The number of aromatic amines is 1. The van der Waals surface area contributed by atoms with E-state index in [0.717, 1.165) is 35.3 Å². The number of aromatic nitrogens is 4. The normalized spacial score (nSPS) is 14.2. The van der Waals surface area contributed by atoms with Crippen molar-refractivity contribution >= 4 is 16.9 Å². The molecule has 7 heteroatoms. The number of benzene rings is 1. The smallest absolute Gasteiger partial charge is 0.165 e. The topological polar surface area (TPSA) is 66.9 Å². The molecule has 0 fully saturated rings. The van der Waals surface area contributed by atoms with Gasteiger partial charge in [0.15, 0.2) is 17.2 Å². The molecule has 1 aliphatic heterocycles. The van der Waals surface area contributed by atoms with Crippen LogP contribution in [0.1, 0.15) is 11.1 Å². The van der Waals surface area contributed by atoms with Gasteiger partial charge in [-0.2, -0.15) is 5.10 Å². The highest BCUT2D eigenvalue weighted by Crippen LogP contribution is 2.30. The minimum Gasteiger partial charge on any atom is -0.494 e. The lowest BCUT2D eigenvalue weighted by atomic mass is 9.99. The SMILES string of the molecule is COc1cc2c(cc1F)CN(c1ncnc3[nH]ncc13)CC2. The lowest BCUT2D eigenvalue weighted by Gasteiger charge is -2.30. The van der Waals surface area contributed by atoms with E-state index in [1.165, 1.54) is 13.4 Å². The summed E-state index contributed by atoms with van der Waals surface area (Å²) in [7, 11) is 1.48. The van der Waals surface area contributed by atoms with Crippen LogP contribution < -0.4 is 9.64 Å². The van der Waals surface area contributed by atoms with Gasteiger partial charge in [-0.15, -0.1) is 0 Å². The van der Waals surface area contributed by atoms with Crippen LogP contribution in [0.3, 0.4) is 0 Å². The van der Waals surface area contributed by atoms with E-state index in [-0.39, 0.29) is 5.82 Å². The molecule has 4 rings (SSSR count). The first-order valence-electron chi connectivity index (χ1n) is 7.00. The molecule has 112 valence electrons. The van der Waals surface area contributed by atoms with E-state index < -0.39 is 0 Å². The molecule has 0 aliphatic carbocycles. The lowest BCUT2D eigenvalue weighted by Crippen LogP contribution is -2.31. The largest absolute Gasteiger partial charge is 0.494 e. The second kappa shape index (κ2) is 4.94. The van der Waals surface area contributed by atoms with Crippen molar-refractivity contribution < 1.29 is 9.13 Å². The first-order valence-corrected chi connectivity index (χ1v) is 7.00. The van der Waals surface area contributed by atoms with Gasteiger partial charge >= 0.3 is 0 Å². The number of halogens is 1. The summed E-state index contributed by atoms with van der Waals surface area (Å²) in [6.45, 7) is 1.41. The van der Waals surface area contributed by atoms with Gasteiger partial charge in [-0.1, -0.05) is 0 Å². The first kappa shape index (κ1) is 13.0. The number of nitrogens with zero attached hydrogens (tertiary/aromatic N) is 4. The number of anilines is 1. The van der Waals surface area contributed by atoms with Gasteiger partial charge in [0.05, 0.1) is 18.7 Å². The fourth-order valence-electron chi connectivity index (χ4n) is 2.90. The Balaban J connectivity index is 1.73. The monoisotopic (exact) mass is 299 g/mol. The third kappa shape index (κ3) is 1.97. The van der Waals surface area contributed by atoms with E-state index in [0.29, 0.717) is 17.9 Å². The molecular weight excluding hydrogens is 285 g/mol. The number of fused-ring (bicyclic) bond motifs is 2. The summed E-state index contributed by atoms with van der Waals surface area (Å²) in [4.78, 5) is 10.6. The summed E-state index contributed by atoms with van der Waals surface area (Å²) in [5, 5.41) is 7.72. The number of hydrogen-bond donors (Lipinski definition) is 1. The second-order valence-electron chi connectivity index (χ2n) is 5.26. The predicted octanol–water partition coefficient (Wildman–Crippen LogP) is 2.06. The molecule has 2 aromatic heterocycles. The zero-order chi connectivity index (χ0) is 15.1. The zero-order valence-electron chi connectivity index (χ0n) is 12.0. The standard InChI is InChI=1S/C15H14FN5O/c1-22-13-5-9-2-3-21(7-10(9)4-12(13)16)15-11-6-19-20-14(11)17-8-18-15/h4-6,8H,2-3,7H2,1H3,(H,17,18,19,20). The number of ether oxygens (including phenoxy) is 1. The zero-order valence-corrected chi connectivity index (χ0v) is 12.0. The molecule has 0 radical (unpaired) electrons. The van der Waals surface area contributed by atoms with E-state index >= 15 is 0 Å². The number of H-pyrrole nitrogens is 1. The summed E-state index contributed by atoms with van der Waals surface area (Å²) in [6.07, 6.45) is 4.05. The Morgan fingerprint density at radius 1 is 1.27 bits per heavy atom. The third-order valence-corrected chi connectivity index (χ3v) is 4.01. The van der Waals surface area contributed by atoms with Gasteiger partial charge in [0.2, 0.25) is 0 Å².